The largest absolute Gasteiger partial charge is 0.493 e. The van der Waals surface area contributed by atoms with Crippen molar-refractivity contribution in [1.29, 1.82) is 0 Å². The van der Waals surface area contributed by atoms with Crippen LogP contribution in [-0.4, -0.2) is 68.5 Å². The summed E-state index contributed by atoms with van der Waals surface area (Å²) in [7, 11) is 0. The highest BCUT2D eigenvalue weighted by atomic mass is 19.1. The molecule has 3 aliphatic rings. The van der Waals surface area contributed by atoms with E-state index in [-0.39, 0.29) is 30.6 Å². The van der Waals surface area contributed by atoms with Gasteiger partial charge in [-0.1, -0.05) is 12.6 Å². The van der Waals surface area contributed by atoms with Crippen molar-refractivity contribution in [2.24, 2.45) is 0 Å². The lowest BCUT2D eigenvalue weighted by Crippen LogP contribution is -2.58. The second kappa shape index (κ2) is 11.1. The second-order valence-electron chi connectivity index (χ2n) is 11.9. The fourth-order valence-electron chi connectivity index (χ4n) is 6.91. The minimum atomic E-state index is -0.410. The van der Waals surface area contributed by atoms with Crippen LogP contribution in [0.2, 0.25) is 0 Å². The van der Waals surface area contributed by atoms with Crippen molar-refractivity contribution in [3.63, 3.8) is 0 Å². The van der Waals surface area contributed by atoms with Crippen molar-refractivity contribution in [2.45, 2.75) is 57.8 Å². The van der Waals surface area contributed by atoms with Crippen LogP contribution < -0.4 is 20.1 Å². The topological polar surface area (TPSA) is 94.7 Å². The molecule has 1 fully saturated rings. The van der Waals surface area contributed by atoms with Crippen molar-refractivity contribution in [3.05, 3.63) is 77.2 Å². The second-order valence-corrected chi connectivity index (χ2v) is 11.9. The van der Waals surface area contributed by atoms with Crippen molar-refractivity contribution in [1.82, 2.24) is 24.2 Å². The third kappa shape index (κ3) is 4.61. The lowest BCUT2D eigenvalue weighted by atomic mass is 9.91. The first-order valence-corrected chi connectivity index (χ1v) is 15.2. The summed E-state index contributed by atoms with van der Waals surface area (Å²) in [4.78, 5) is 35.3. The molecule has 44 heavy (non-hydrogen) atoms. The SMILES string of the molecule is C=CC(=O)N1C[C@H](C)N(c2nc(=O)n3c4c(c5c(cc24)CCCCOc2cccc(F)c2-5)OC[C@@H]3Cn2cccn2)C[C@H]1C. The number of ether oxygens (including phenoxy) is 2. The number of benzene rings is 2. The lowest BCUT2D eigenvalue weighted by Gasteiger charge is -2.45. The van der Waals surface area contributed by atoms with Gasteiger partial charge in [0.05, 0.1) is 30.3 Å². The first kappa shape index (κ1) is 28.1. The number of nitrogens with zero attached hydrogens (tertiary/aromatic N) is 6. The maximum Gasteiger partial charge on any atom is 0.350 e. The number of carbonyl (C=O) groups is 1. The predicted octanol–water partition coefficient (Wildman–Crippen LogP) is 4.36. The number of carbonyl (C=O) groups excluding carboxylic acids is 1. The third-order valence-corrected chi connectivity index (χ3v) is 9.01. The highest BCUT2D eigenvalue weighted by Gasteiger charge is 2.37. The number of halogens is 1. The van der Waals surface area contributed by atoms with Crippen LogP contribution in [0.4, 0.5) is 10.2 Å². The van der Waals surface area contributed by atoms with Gasteiger partial charge in [0.25, 0.3) is 0 Å². The van der Waals surface area contributed by atoms with E-state index in [0.717, 1.165) is 23.8 Å². The highest BCUT2D eigenvalue weighted by molar-refractivity contribution is 6.01. The molecule has 0 bridgehead atoms. The maximum atomic E-state index is 15.8. The molecule has 3 atom stereocenters. The Labute approximate surface area is 254 Å². The molecule has 7 rings (SSSR count). The molecule has 3 aliphatic heterocycles. The summed E-state index contributed by atoms with van der Waals surface area (Å²) in [6, 6.07) is 8.13. The smallest absolute Gasteiger partial charge is 0.350 e. The van der Waals surface area contributed by atoms with Gasteiger partial charge in [-0.05, 0) is 69.0 Å². The molecular formula is C33H35FN6O4. The van der Waals surface area contributed by atoms with E-state index in [4.69, 9.17) is 14.5 Å². The highest BCUT2D eigenvalue weighted by Crippen LogP contribution is 2.49. The average Bonchev–Trinajstić information content (AvgIpc) is 3.55. The fourth-order valence-corrected chi connectivity index (χ4v) is 6.91. The summed E-state index contributed by atoms with van der Waals surface area (Å²) in [5.41, 5.74) is 2.07. The van der Waals surface area contributed by atoms with Crippen LogP contribution in [0.5, 0.6) is 11.5 Å². The summed E-state index contributed by atoms with van der Waals surface area (Å²) in [6.07, 6.45) is 7.22. The van der Waals surface area contributed by atoms with E-state index >= 15 is 4.39 Å². The van der Waals surface area contributed by atoms with Gasteiger partial charge in [0.15, 0.2) is 5.75 Å². The molecule has 0 spiro atoms. The Morgan fingerprint density at radius 2 is 2.00 bits per heavy atom. The van der Waals surface area contributed by atoms with Crippen LogP contribution in [0.15, 0.2) is 60.2 Å². The molecule has 10 nitrogen and oxygen atoms in total. The van der Waals surface area contributed by atoms with Crippen LogP contribution in [0.3, 0.4) is 0 Å². The Bertz CT molecular complexity index is 1820. The molecule has 0 saturated carbocycles. The van der Waals surface area contributed by atoms with E-state index in [9.17, 15) is 9.59 Å². The Balaban J connectivity index is 1.49. The van der Waals surface area contributed by atoms with E-state index in [2.05, 4.69) is 22.6 Å². The molecule has 5 heterocycles. The van der Waals surface area contributed by atoms with E-state index in [0.29, 0.717) is 66.6 Å². The molecule has 0 unspecified atom stereocenters. The standard InChI is InChI=1S/C33H35FN6O4/c1-4-27(41)38-16-21(3)39(17-20(38)2)32-24-15-22-9-5-6-14-43-26-11-7-10-25(34)29(26)28(22)31-30(24)40(33(42)36-32)23(19-44-31)18-37-13-8-12-35-37/h4,7-8,10-13,15,20-21,23H,1,5-6,9,14,16-19H2,2-3H3/t20-,21+,23+/m1/s1. The number of piperazine rings is 1. The van der Waals surface area contributed by atoms with Crippen LogP contribution in [0, 0.1) is 5.82 Å². The summed E-state index contributed by atoms with van der Waals surface area (Å²) < 4.78 is 31.9. The number of fused-ring (bicyclic) bond motifs is 4. The Kier molecular flexibility index (Phi) is 7.10. The van der Waals surface area contributed by atoms with Crippen LogP contribution in [0.1, 0.15) is 38.3 Å². The zero-order valence-corrected chi connectivity index (χ0v) is 24.9. The van der Waals surface area contributed by atoms with E-state index in [1.165, 1.54) is 12.1 Å². The number of anilines is 1. The van der Waals surface area contributed by atoms with Gasteiger partial charge < -0.3 is 19.3 Å². The van der Waals surface area contributed by atoms with Crippen LogP contribution in [0.25, 0.3) is 22.0 Å². The van der Waals surface area contributed by atoms with E-state index in [1.54, 1.807) is 32.5 Å². The number of aryl methyl sites for hydroxylation is 1. The van der Waals surface area contributed by atoms with Crippen molar-refractivity contribution >= 4 is 22.6 Å². The number of amides is 1. The Morgan fingerprint density at radius 3 is 2.80 bits per heavy atom. The minimum Gasteiger partial charge on any atom is -0.493 e. The molecule has 4 aromatic rings. The number of aromatic nitrogens is 4. The monoisotopic (exact) mass is 598 g/mol. The van der Waals surface area contributed by atoms with Gasteiger partial charge in [-0.25, -0.2) is 9.18 Å². The predicted molar refractivity (Wildman–Crippen MR) is 165 cm³/mol. The molecule has 2 aromatic carbocycles. The molecular weight excluding hydrogens is 563 g/mol. The van der Waals surface area contributed by atoms with Crippen molar-refractivity contribution < 1.29 is 18.7 Å². The van der Waals surface area contributed by atoms with Gasteiger partial charge >= 0.3 is 5.69 Å². The van der Waals surface area contributed by atoms with Gasteiger partial charge in [0.2, 0.25) is 5.91 Å². The first-order valence-electron chi connectivity index (χ1n) is 15.2. The van der Waals surface area contributed by atoms with Crippen molar-refractivity contribution in [2.75, 3.05) is 31.2 Å². The summed E-state index contributed by atoms with van der Waals surface area (Å²) in [6.45, 7) is 9.70. The Hall–Kier alpha value is -4.67. The molecule has 11 heteroatoms. The van der Waals surface area contributed by atoms with Gasteiger partial charge in [0.1, 0.15) is 24.0 Å². The van der Waals surface area contributed by atoms with Gasteiger partial charge in [-0.2, -0.15) is 10.1 Å². The summed E-state index contributed by atoms with van der Waals surface area (Å²) >= 11 is 0. The molecule has 2 aromatic heterocycles. The number of hydrogen-bond acceptors (Lipinski definition) is 7. The lowest BCUT2D eigenvalue weighted by molar-refractivity contribution is -0.128. The van der Waals surface area contributed by atoms with E-state index in [1.807, 2.05) is 26.1 Å². The third-order valence-electron chi connectivity index (χ3n) is 9.01. The van der Waals surface area contributed by atoms with Gasteiger partial charge in [0, 0.05) is 48.5 Å². The quantitative estimate of drug-likeness (QED) is 0.322. The van der Waals surface area contributed by atoms with Crippen LogP contribution >= 0.6 is 0 Å². The molecule has 0 N–H and O–H groups in total. The first-order chi connectivity index (χ1) is 21.4. The summed E-state index contributed by atoms with van der Waals surface area (Å²) in [5, 5.41) is 5.12. The average molecular weight is 599 g/mol. The number of rotatable bonds is 4. The fraction of sp³-hybridized carbons (Fsp3) is 0.394. The molecule has 1 amide bonds. The zero-order valence-electron chi connectivity index (χ0n) is 24.9. The minimum absolute atomic E-state index is 0.120. The molecule has 0 aliphatic carbocycles. The normalized spacial score (nSPS) is 21.3. The van der Waals surface area contributed by atoms with Gasteiger partial charge in [-0.15, -0.1) is 0 Å². The molecule has 228 valence electrons. The summed E-state index contributed by atoms with van der Waals surface area (Å²) in [5.74, 6) is 0.942. The van der Waals surface area contributed by atoms with E-state index < -0.39 is 11.5 Å². The molecule has 1 saturated heterocycles. The Morgan fingerprint density at radius 1 is 1.14 bits per heavy atom. The van der Waals surface area contributed by atoms with Crippen molar-refractivity contribution in [3.8, 4) is 22.6 Å². The number of hydrogen-bond donors (Lipinski definition) is 0. The van der Waals surface area contributed by atoms with Crippen LogP contribution in [-0.2, 0) is 17.8 Å². The van der Waals surface area contributed by atoms with Gasteiger partial charge in [-0.3, -0.25) is 14.0 Å². The molecule has 0 radical (unpaired) electrons. The maximum absolute atomic E-state index is 15.8. The zero-order chi connectivity index (χ0) is 30.5.